The average molecular weight is 641 g/mol. The normalized spacial score (nSPS) is 11.7. The van der Waals surface area contributed by atoms with Gasteiger partial charge in [0.25, 0.3) is 11.8 Å². The van der Waals surface area contributed by atoms with E-state index in [1.165, 1.54) is 0 Å². The van der Waals surface area contributed by atoms with Crippen LogP contribution in [0.4, 0.5) is 11.4 Å². The number of anilines is 2. The lowest BCUT2D eigenvalue weighted by Crippen LogP contribution is -2.21. The van der Waals surface area contributed by atoms with Crippen molar-refractivity contribution in [3.63, 3.8) is 0 Å². The second kappa shape index (κ2) is 13.0. The van der Waals surface area contributed by atoms with Crippen molar-refractivity contribution in [1.82, 2.24) is 0 Å². The molecule has 4 N–H and O–H groups in total. The molecule has 5 aromatic carbocycles. The molecular weight excluding hydrogens is 596 g/mol. The Morgan fingerprint density at radius 2 is 0.792 bits per heavy atom. The highest BCUT2D eigenvalue weighted by atomic mass is 16.3. The van der Waals surface area contributed by atoms with Crippen LogP contribution >= 0.6 is 0 Å². The predicted octanol–water partition coefficient (Wildman–Crippen LogP) is 9.49. The highest BCUT2D eigenvalue weighted by Gasteiger charge is 2.27. The van der Waals surface area contributed by atoms with Crippen LogP contribution < -0.4 is 10.6 Å². The van der Waals surface area contributed by atoms with Crippen LogP contribution in [0.5, 0.6) is 11.5 Å². The van der Waals surface area contributed by atoms with E-state index in [0.717, 1.165) is 55.9 Å². The Balaban J connectivity index is 1.28. The lowest BCUT2D eigenvalue weighted by Gasteiger charge is -2.29. The molecule has 2 amide bonds. The summed E-state index contributed by atoms with van der Waals surface area (Å²) in [5, 5.41) is 25.5. The van der Waals surface area contributed by atoms with Gasteiger partial charge < -0.3 is 20.8 Å². The number of phenols is 2. The Bertz CT molecular complexity index is 1840. The van der Waals surface area contributed by atoms with E-state index in [1.807, 2.05) is 64.1 Å². The van der Waals surface area contributed by atoms with E-state index < -0.39 is 0 Å². The van der Waals surface area contributed by atoms with Gasteiger partial charge in [-0.05, 0) is 133 Å². The summed E-state index contributed by atoms with van der Waals surface area (Å²) in [6.45, 7) is 16.6. The van der Waals surface area contributed by atoms with Crippen molar-refractivity contribution >= 4 is 23.2 Å². The van der Waals surface area contributed by atoms with Gasteiger partial charge in [-0.2, -0.15) is 0 Å². The van der Waals surface area contributed by atoms with Crippen LogP contribution in [0.2, 0.25) is 0 Å². The van der Waals surface area contributed by atoms with Crippen molar-refractivity contribution in [2.24, 2.45) is 0 Å². The first-order valence-corrected chi connectivity index (χ1v) is 16.1. The molecule has 0 saturated carbocycles. The maximum atomic E-state index is 13.3. The Morgan fingerprint density at radius 1 is 0.479 bits per heavy atom. The molecule has 0 radical (unpaired) electrons. The summed E-state index contributed by atoms with van der Waals surface area (Å²) in [5.41, 5.74) is 10.2. The number of amides is 2. The highest BCUT2D eigenvalue weighted by molar-refractivity contribution is 6.07. The van der Waals surface area contributed by atoms with E-state index in [1.54, 1.807) is 48.5 Å². The molecule has 0 heterocycles. The van der Waals surface area contributed by atoms with Crippen molar-refractivity contribution in [3.8, 4) is 11.5 Å². The topological polar surface area (TPSA) is 98.7 Å². The zero-order valence-corrected chi connectivity index (χ0v) is 28.9. The van der Waals surface area contributed by atoms with Gasteiger partial charge in [0.15, 0.2) is 0 Å². The van der Waals surface area contributed by atoms with Gasteiger partial charge in [0.1, 0.15) is 11.5 Å². The molecule has 0 fully saturated rings. The first-order valence-electron chi connectivity index (χ1n) is 16.1. The van der Waals surface area contributed by atoms with Crippen molar-refractivity contribution in [1.29, 1.82) is 0 Å². The van der Waals surface area contributed by atoms with E-state index in [0.29, 0.717) is 11.1 Å². The number of nitrogens with one attached hydrogen (secondary N) is 2. The van der Waals surface area contributed by atoms with E-state index in [-0.39, 0.29) is 34.1 Å². The molecule has 0 unspecified atom stereocenters. The molecule has 0 bridgehead atoms. The molecule has 48 heavy (non-hydrogen) atoms. The fourth-order valence-electron chi connectivity index (χ4n) is 6.48. The van der Waals surface area contributed by atoms with Gasteiger partial charge in [-0.25, -0.2) is 0 Å². The Kier molecular flexibility index (Phi) is 9.23. The minimum atomic E-state index is -0.300. The van der Waals surface area contributed by atoms with Crippen LogP contribution in [-0.2, 0) is 10.8 Å². The second-order valence-electron chi connectivity index (χ2n) is 13.8. The van der Waals surface area contributed by atoms with Gasteiger partial charge in [0, 0.05) is 33.3 Å². The van der Waals surface area contributed by atoms with Crippen molar-refractivity contribution in [2.75, 3.05) is 10.6 Å². The SMILES string of the molecule is Cc1cc(C(C)(C)c2ccc(O)cc2)c(C)cc1NC(=O)c1ccc(C(=O)Nc2cc(C)c(C(C)(C)c3ccc(O)cc3)cc2C)cc1. The molecule has 5 aromatic rings. The van der Waals surface area contributed by atoms with Crippen molar-refractivity contribution in [3.05, 3.63) is 153 Å². The summed E-state index contributed by atoms with van der Waals surface area (Å²) in [6, 6.07) is 29.4. The molecular formula is C42H44N2O4. The van der Waals surface area contributed by atoms with E-state index in [4.69, 9.17) is 0 Å². The summed E-state index contributed by atoms with van der Waals surface area (Å²) in [4.78, 5) is 26.5. The molecule has 0 aliphatic carbocycles. The molecule has 0 aromatic heterocycles. The van der Waals surface area contributed by atoms with Crippen LogP contribution in [0.1, 0.15) is 92.9 Å². The minimum absolute atomic E-state index is 0.233. The third kappa shape index (κ3) is 6.84. The summed E-state index contributed by atoms with van der Waals surface area (Å²) in [5.74, 6) is -0.0455. The number of hydrogen-bond donors (Lipinski definition) is 4. The van der Waals surface area contributed by atoms with Gasteiger partial charge in [0.2, 0.25) is 0 Å². The monoisotopic (exact) mass is 640 g/mol. The van der Waals surface area contributed by atoms with Gasteiger partial charge in [-0.3, -0.25) is 9.59 Å². The molecule has 0 saturated heterocycles. The smallest absolute Gasteiger partial charge is 0.255 e. The number of benzene rings is 5. The van der Waals surface area contributed by atoms with Crippen LogP contribution in [0.15, 0.2) is 97.1 Å². The molecule has 0 aliphatic heterocycles. The summed E-state index contributed by atoms with van der Waals surface area (Å²) in [6.07, 6.45) is 0. The lowest BCUT2D eigenvalue weighted by molar-refractivity contribution is 0.101. The zero-order chi connectivity index (χ0) is 35.0. The Hall–Kier alpha value is -5.36. The fraction of sp³-hybridized carbons (Fsp3) is 0.238. The number of carbonyl (C=O) groups excluding carboxylic acids is 2. The first-order chi connectivity index (χ1) is 22.6. The Morgan fingerprint density at radius 3 is 1.10 bits per heavy atom. The van der Waals surface area contributed by atoms with E-state index in [9.17, 15) is 19.8 Å². The molecule has 0 spiro atoms. The zero-order valence-electron chi connectivity index (χ0n) is 28.9. The maximum Gasteiger partial charge on any atom is 0.255 e. The second-order valence-corrected chi connectivity index (χ2v) is 13.8. The quantitative estimate of drug-likeness (QED) is 0.136. The summed E-state index contributed by atoms with van der Waals surface area (Å²) < 4.78 is 0. The highest BCUT2D eigenvalue weighted by Crippen LogP contribution is 2.38. The third-order valence-corrected chi connectivity index (χ3v) is 9.57. The maximum absolute atomic E-state index is 13.3. The van der Waals surface area contributed by atoms with Gasteiger partial charge >= 0.3 is 0 Å². The number of carbonyl (C=O) groups is 2. The van der Waals surface area contributed by atoms with E-state index >= 15 is 0 Å². The lowest BCUT2D eigenvalue weighted by atomic mass is 9.75. The van der Waals surface area contributed by atoms with Crippen LogP contribution in [-0.4, -0.2) is 22.0 Å². The molecule has 0 aliphatic rings. The number of rotatable bonds is 8. The number of hydrogen-bond acceptors (Lipinski definition) is 4. The number of aryl methyl sites for hydroxylation is 4. The molecule has 0 atom stereocenters. The van der Waals surface area contributed by atoms with Gasteiger partial charge in [-0.1, -0.05) is 64.1 Å². The molecule has 246 valence electrons. The first kappa shape index (κ1) is 34.0. The van der Waals surface area contributed by atoms with Gasteiger partial charge in [0.05, 0.1) is 0 Å². The number of phenolic OH excluding ortho intramolecular Hbond substituents is 2. The van der Waals surface area contributed by atoms with Crippen LogP contribution in [0.25, 0.3) is 0 Å². The van der Waals surface area contributed by atoms with Crippen molar-refractivity contribution in [2.45, 2.75) is 66.2 Å². The van der Waals surface area contributed by atoms with Crippen molar-refractivity contribution < 1.29 is 19.8 Å². The van der Waals surface area contributed by atoms with Crippen LogP contribution in [0, 0.1) is 27.7 Å². The average Bonchev–Trinajstić information content (AvgIpc) is 3.04. The number of aromatic hydroxyl groups is 2. The molecule has 6 nitrogen and oxygen atoms in total. The summed E-state index contributed by atoms with van der Waals surface area (Å²) in [7, 11) is 0. The van der Waals surface area contributed by atoms with Gasteiger partial charge in [-0.15, -0.1) is 0 Å². The Labute approximate surface area is 283 Å². The minimum Gasteiger partial charge on any atom is -0.508 e. The largest absolute Gasteiger partial charge is 0.508 e. The fourth-order valence-corrected chi connectivity index (χ4v) is 6.48. The third-order valence-electron chi connectivity index (χ3n) is 9.57. The summed E-state index contributed by atoms with van der Waals surface area (Å²) >= 11 is 0. The molecule has 6 heteroatoms. The molecule has 5 rings (SSSR count). The van der Waals surface area contributed by atoms with Crippen LogP contribution in [0.3, 0.4) is 0 Å². The predicted molar refractivity (Wildman–Crippen MR) is 195 cm³/mol. The standard InChI is InChI=1S/C42H44N2O4/c1-25-23-37(27(3)21-35(25)41(5,6)31-13-17-33(45)18-14-31)43-39(47)29-9-11-30(12-10-29)40(48)44-38-24-26(2)36(22-28(38)4)42(7,8)32-15-19-34(46)20-16-32/h9-24,45-46H,1-8H3,(H,43,47)(H,44,48). The van der Waals surface area contributed by atoms with E-state index in [2.05, 4.69) is 50.5 Å².